The SMILES string of the molecule is CC(c1ccccc1F)N1CCC(CN)CC1.Cl. The van der Waals surface area contributed by atoms with Crippen molar-refractivity contribution in [3.8, 4) is 0 Å². The molecular formula is C14H22ClFN2. The topological polar surface area (TPSA) is 29.3 Å². The predicted octanol–water partition coefficient (Wildman–Crippen LogP) is 2.98. The van der Waals surface area contributed by atoms with Crippen LogP contribution in [0, 0.1) is 11.7 Å². The normalized spacial score (nSPS) is 19.3. The number of hydrogen-bond donors (Lipinski definition) is 1. The summed E-state index contributed by atoms with van der Waals surface area (Å²) in [6, 6.07) is 7.23. The second kappa shape index (κ2) is 7.07. The van der Waals surface area contributed by atoms with Gasteiger partial charge < -0.3 is 5.73 Å². The molecule has 102 valence electrons. The first kappa shape index (κ1) is 15.4. The highest BCUT2D eigenvalue weighted by molar-refractivity contribution is 5.85. The van der Waals surface area contributed by atoms with Crippen molar-refractivity contribution in [1.29, 1.82) is 0 Å². The fraction of sp³-hybridized carbons (Fsp3) is 0.571. The highest BCUT2D eigenvalue weighted by atomic mass is 35.5. The number of halogens is 2. The zero-order valence-corrected chi connectivity index (χ0v) is 11.6. The Morgan fingerprint density at radius 1 is 1.33 bits per heavy atom. The lowest BCUT2D eigenvalue weighted by atomic mass is 9.95. The molecule has 1 saturated heterocycles. The Hall–Kier alpha value is -0.640. The van der Waals surface area contributed by atoms with Crippen molar-refractivity contribution >= 4 is 12.4 Å². The first-order chi connectivity index (χ1) is 8.22. The minimum Gasteiger partial charge on any atom is -0.330 e. The van der Waals surface area contributed by atoms with Gasteiger partial charge in [-0.3, -0.25) is 4.90 Å². The lowest BCUT2D eigenvalue weighted by molar-refractivity contribution is 0.141. The van der Waals surface area contributed by atoms with Crippen LogP contribution in [0.15, 0.2) is 24.3 Å². The van der Waals surface area contributed by atoms with Crippen LogP contribution in [0.5, 0.6) is 0 Å². The van der Waals surface area contributed by atoms with E-state index in [0.29, 0.717) is 5.92 Å². The third-order valence-electron chi connectivity index (χ3n) is 3.89. The van der Waals surface area contributed by atoms with Crippen LogP contribution in [0.4, 0.5) is 4.39 Å². The largest absolute Gasteiger partial charge is 0.330 e. The smallest absolute Gasteiger partial charge is 0.127 e. The van der Waals surface area contributed by atoms with Crippen LogP contribution in [-0.4, -0.2) is 24.5 Å². The third kappa shape index (κ3) is 3.44. The number of nitrogens with zero attached hydrogens (tertiary/aromatic N) is 1. The van der Waals surface area contributed by atoms with Crippen LogP contribution < -0.4 is 5.73 Å². The molecule has 1 aromatic carbocycles. The first-order valence-corrected chi connectivity index (χ1v) is 6.41. The molecule has 0 aromatic heterocycles. The first-order valence-electron chi connectivity index (χ1n) is 6.41. The molecule has 0 bridgehead atoms. The van der Waals surface area contributed by atoms with E-state index < -0.39 is 0 Å². The van der Waals surface area contributed by atoms with Crippen LogP contribution in [0.2, 0.25) is 0 Å². The quantitative estimate of drug-likeness (QED) is 0.917. The zero-order chi connectivity index (χ0) is 12.3. The van der Waals surface area contributed by atoms with E-state index in [2.05, 4.69) is 11.8 Å². The average Bonchev–Trinajstić information content (AvgIpc) is 2.39. The highest BCUT2D eigenvalue weighted by Crippen LogP contribution is 2.27. The van der Waals surface area contributed by atoms with E-state index in [4.69, 9.17) is 5.73 Å². The van der Waals surface area contributed by atoms with Gasteiger partial charge in [0.25, 0.3) is 0 Å². The molecular weight excluding hydrogens is 251 g/mol. The molecule has 0 radical (unpaired) electrons. The average molecular weight is 273 g/mol. The van der Waals surface area contributed by atoms with Crippen molar-refractivity contribution in [2.75, 3.05) is 19.6 Å². The molecule has 0 saturated carbocycles. The molecule has 0 aliphatic carbocycles. The Kier molecular flexibility index (Phi) is 6.06. The van der Waals surface area contributed by atoms with Crippen molar-refractivity contribution in [3.05, 3.63) is 35.6 Å². The Morgan fingerprint density at radius 3 is 2.50 bits per heavy atom. The highest BCUT2D eigenvalue weighted by Gasteiger charge is 2.23. The fourth-order valence-electron chi connectivity index (χ4n) is 2.59. The molecule has 2 nitrogen and oxygen atoms in total. The summed E-state index contributed by atoms with van der Waals surface area (Å²) < 4.78 is 13.7. The van der Waals surface area contributed by atoms with Crippen molar-refractivity contribution in [2.45, 2.75) is 25.8 Å². The van der Waals surface area contributed by atoms with Crippen LogP contribution >= 0.6 is 12.4 Å². The maximum Gasteiger partial charge on any atom is 0.127 e. The van der Waals surface area contributed by atoms with E-state index in [-0.39, 0.29) is 24.3 Å². The maximum atomic E-state index is 13.7. The molecule has 18 heavy (non-hydrogen) atoms. The number of piperidine rings is 1. The van der Waals surface area contributed by atoms with E-state index in [1.807, 2.05) is 12.1 Å². The Balaban J connectivity index is 0.00000162. The van der Waals surface area contributed by atoms with Crippen LogP contribution in [0.25, 0.3) is 0 Å². The summed E-state index contributed by atoms with van der Waals surface area (Å²) in [5, 5.41) is 0. The van der Waals surface area contributed by atoms with Gasteiger partial charge in [0.1, 0.15) is 5.82 Å². The van der Waals surface area contributed by atoms with Crippen molar-refractivity contribution in [1.82, 2.24) is 4.90 Å². The standard InChI is InChI=1S/C14H21FN2.ClH/c1-11(13-4-2-3-5-14(13)15)17-8-6-12(10-16)7-9-17;/h2-5,11-12H,6-10,16H2,1H3;1H. The van der Waals surface area contributed by atoms with Crippen LogP contribution in [0.3, 0.4) is 0 Å². The number of nitrogens with two attached hydrogens (primary N) is 1. The van der Waals surface area contributed by atoms with E-state index in [0.717, 1.165) is 38.0 Å². The molecule has 4 heteroatoms. The van der Waals surface area contributed by atoms with Gasteiger partial charge in [0.05, 0.1) is 0 Å². The zero-order valence-electron chi connectivity index (χ0n) is 10.8. The monoisotopic (exact) mass is 272 g/mol. The Morgan fingerprint density at radius 2 is 1.94 bits per heavy atom. The summed E-state index contributed by atoms with van der Waals surface area (Å²) in [5.41, 5.74) is 6.49. The molecule has 2 N–H and O–H groups in total. The maximum absolute atomic E-state index is 13.7. The summed E-state index contributed by atoms with van der Waals surface area (Å²) in [6.45, 7) is 4.91. The van der Waals surface area contributed by atoms with Gasteiger partial charge in [-0.1, -0.05) is 18.2 Å². The number of likely N-dealkylation sites (tertiary alicyclic amines) is 1. The Bertz CT molecular complexity index is 365. The second-order valence-electron chi connectivity index (χ2n) is 4.91. The number of benzene rings is 1. The fourth-order valence-corrected chi connectivity index (χ4v) is 2.59. The molecule has 1 aromatic rings. The predicted molar refractivity (Wildman–Crippen MR) is 75.4 cm³/mol. The van der Waals surface area contributed by atoms with Gasteiger partial charge >= 0.3 is 0 Å². The molecule has 1 unspecified atom stereocenters. The summed E-state index contributed by atoms with van der Waals surface area (Å²) in [5.74, 6) is 0.556. The van der Waals surface area contributed by atoms with Gasteiger partial charge in [-0.2, -0.15) is 0 Å². The van der Waals surface area contributed by atoms with Gasteiger partial charge in [-0.05, 0) is 51.4 Å². The van der Waals surface area contributed by atoms with E-state index in [1.54, 1.807) is 12.1 Å². The molecule has 1 heterocycles. The van der Waals surface area contributed by atoms with E-state index in [1.165, 1.54) is 0 Å². The number of rotatable bonds is 3. The van der Waals surface area contributed by atoms with Crippen LogP contribution in [-0.2, 0) is 0 Å². The van der Waals surface area contributed by atoms with Gasteiger partial charge in [0.2, 0.25) is 0 Å². The summed E-state index contributed by atoms with van der Waals surface area (Å²) in [7, 11) is 0. The number of hydrogen-bond acceptors (Lipinski definition) is 2. The molecule has 1 fully saturated rings. The van der Waals surface area contributed by atoms with Crippen molar-refractivity contribution in [2.24, 2.45) is 11.7 Å². The Labute approximate surface area is 115 Å². The lowest BCUT2D eigenvalue weighted by Crippen LogP contribution is -2.37. The molecule has 2 rings (SSSR count). The third-order valence-corrected chi connectivity index (χ3v) is 3.89. The van der Waals surface area contributed by atoms with Crippen LogP contribution in [0.1, 0.15) is 31.4 Å². The minimum absolute atomic E-state index is 0. The summed E-state index contributed by atoms with van der Waals surface area (Å²) >= 11 is 0. The molecule has 0 spiro atoms. The minimum atomic E-state index is -0.0963. The summed E-state index contributed by atoms with van der Waals surface area (Å²) in [6.07, 6.45) is 2.27. The second-order valence-corrected chi connectivity index (χ2v) is 4.91. The lowest BCUT2D eigenvalue weighted by Gasteiger charge is -2.36. The molecule has 1 atom stereocenters. The molecule has 1 aliphatic heterocycles. The van der Waals surface area contributed by atoms with Crippen molar-refractivity contribution in [3.63, 3.8) is 0 Å². The summed E-state index contributed by atoms with van der Waals surface area (Å²) in [4.78, 5) is 2.35. The van der Waals surface area contributed by atoms with Gasteiger partial charge in [-0.15, -0.1) is 12.4 Å². The van der Waals surface area contributed by atoms with Crippen molar-refractivity contribution < 1.29 is 4.39 Å². The van der Waals surface area contributed by atoms with Gasteiger partial charge in [0.15, 0.2) is 0 Å². The molecule has 0 amide bonds. The van der Waals surface area contributed by atoms with E-state index in [9.17, 15) is 4.39 Å². The van der Waals surface area contributed by atoms with Gasteiger partial charge in [0, 0.05) is 11.6 Å². The molecule has 1 aliphatic rings. The van der Waals surface area contributed by atoms with Gasteiger partial charge in [-0.25, -0.2) is 4.39 Å². The van der Waals surface area contributed by atoms with E-state index >= 15 is 0 Å².